The molecule has 1 atom stereocenters. The van der Waals surface area contributed by atoms with Crippen LogP contribution in [0.25, 0.3) is 0 Å². The number of nitrogens with zero attached hydrogens (tertiary/aromatic N) is 3. The lowest BCUT2D eigenvalue weighted by Crippen LogP contribution is -2.32. The molecule has 0 aromatic rings. The quantitative estimate of drug-likeness (QED) is 0.593. The Hall–Kier alpha value is -1.31. The van der Waals surface area contributed by atoms with Crippen molar-refractivity contribution in [2.24, 2.45) is 5.92 Å². The zero-order chi connectivity index (χ0) is 21.4. The van der Waals surface area contributed by atoms with Crippen molar-refractivity contribution in [3.8, 4) is 6.07 Å². The van der Waals surface area contributed by atoms with Crippen LogP contribution in [0.15, 0.2) is 24.9 Å². The van der Waals surface area contributed by atoms with Crippen molar-refractivity contribution in [1.82, 2.24) is 9.80 Å². The summed E-state index contributed by atoms with van der Waals surface area (Å²) in [5.74, 6) is 0.223. The van der Waals surface area contributed by atoms with Gasteiger partial charge in [-0.15, -0.1) is 6.58 Å². The molecule has 0 amide bonds. The molecular formula is C22H47N3O. The van der Waals surface area contributed by atoms with E-state index in [1.54, 1.807) is 13.2 Å². The van der Waals surface area contributed by atoms with E-state index in [-0.39, 0.29) is 5.92 Å². The van der Waals surface area contributed by atoms with Crippen LogP contribution in [0.4, 0.5) is 0 Å². The fourth-order valence-electron chi connectivity index (χ4n) is 1.83. The van der Waals surface area contributed by atoms with Gasteiger partial charge in [0.1, 0.15) is 0 Å². The molecule has 1 unspecified atom stereocenters. The molecule has 0 radical (unpaired) electrons. The first-order valence-electron chi connectivity index (χ1n) is 10.0. The molecule has 1 saturated heterocycles. The summed E-state index contributed by atoms with van der Waals surface area (Å²) in [5.41, 5.74) is 1.09. The lowest BCUT2D eigenvalue weighted by Gasteiger charge is -2.31. The third-order valence-electron chi connectivity index (χ3n) is 3.36. The molecule has 0 N–H and O–H groups in total. The second kappa shape index (κ2) is 28.5. The van der Waals surface area contributed by atoms with Gasteiger partial charge in [-0.05, 0) is 40.3 Å². The van der Waals surface area contributed by atoms with Gasteiger partial charge >= 0.3 is 0 Å². The first-order valence-corrected chi connectivity index (χ1v) is 10.0. The lowest BCUT2D eigenvalue weighted by molar-refractivity contribution is 0.164. The molecule has 1 aliphatic rings. The molecular weight excluding hydrogens is 322 g/mol. The normalized spacial score (nSPS) is 14.5. The third kappa shape index (κ3) is 24.9. The molecule has 0 aromatic carbocycles. The van der Waals surface area contributed by atoms with Crippen LogP contribution in [-0.4, -0.2) is 56.7 Å². The Bertz CT molecular complexity index is 324. The smallest absolute Gasteiger partial charge is 0.0674 e. The van der Waals surface area contributed by atoms with Crippen molar-refractivity contribution in [3.05, 3.63) is 24.9 Å². The first-order chi connectivity index (χ1) is 12.5. The number of rotatable bonds is 5. The molecule has 1 aliphatic heterocycles. The minimum atomic E-state index is 0.223. The Balaban J connectivity index is -0.000000142. The van der Waals surface area contributed by atoms with E-state index >= 15 is 0 Å². The number of allylic oxidation sites excluding steroid dienone is 2. The lowest BCUT2D eigenvalue weighted by atomic mass is 9.99. The summed E-state index contributed by atoms with van der Waals surface area (Å²) in [7, 11) is 3.81. The zero-order valence-corrected chi connectivity index (χ0v) is 19.3. The molecule has 0 bridgehead atoms. The number of ether oxygens (including phenoxy) is 1. The Labute approximate surface area is 165 Å². The number of likely N-dealkylation sites (tertiary alicyclic amines) is 1. The number of methoxy groups -OCH3 is 1. The Morgan fingerprint density at radius 3 is 2.19 bits per heavy atom. The third-order valence-corrected chi connectivity index (χ3v) is 3.36. The van der Waals surface area contributed by atoms with Crippen molar-refractivity contribution in [2.45, 2.75) is 61.3 Å². The molecule has 156 valence electrons. The van der Waals surface area contributed by atoms with Gasteiger partial charge in [0, 0.05) is 32.4 Å². The summed E-state index contributed by atoms with van der Waals surface area (Å²) in [4.78, 5) is 4.40. The molecule has 0 saturated carbocycles. The summed E-state index contributed by atoms with van der Waals surface area (Å²) in [6.45, 7) is 26.2. The van der Waals surface area contributed by atoms with Crippen LogP contribution >= 0.6 is 0 Å². The number of likely N-dealkylation sites (N-methyl/N-ethyl adjacent to an activating group) is 1. The van der Waals surface area contributed by atoms with Gasteiger partial charge in [-0.2, -0.15) is 5.26 Å². The maximum absolute atomic E-state index is 8.68. The van der Waals surface area contributed by atoms with Gasteiger partial charge < -0.3 is 14.5 Å². The monoisotopic (exact) mass is 369 g/mol. The molecule has 1 rings (SSSR count). The molecule has 26 heavy (non-hydrogen) atoms. The molecule has 0 aromatic heterocycles. The van der Waals surface area contributed by atoms with Crippen LogP contribution in [0.5, 0.6) is 0 Å². The van der Waals surface area contributed by atoms with Crippen molar-refractivity contribution in [1.29, 1.82) is 5.26 Å². The largest absolute Gasteiger partial charge is 0.383 e. The minimum absolute atomic E-state index is 0.223. The highest BCUT2D eigenvalue weighted by molar-refractivity contribution is 4.96. The average Bonchev–Trinajstić information content (AvgIpc) is 2.70. The summed E-state index contributed by atoms with van der Waals surface area (Å²) in [6, 6.07) is 2.31. The molecule has 4 heteroatoms. The van der Waals surface area contributed by atoms with Crippen molar-refractivity contribution < 1.29 is 4.74 Å². The van der Waals surface area contributed by atoms with Gasteiger partial charge in [0.15, 0.2) is 0 Å². The molecule has 0 spiro atoms. The van der Waals surface area contributed by atoms with Gasteiger partial charge in [-0.25, -0.2) is 0 Å². The topological polar surface area (TPSA) is 39.5 Å². The Kier molecular flexibility index (Phi) is 35.5. The molecule has 0 aliphatic carbocycles. The SMILES string of the molecule is C=C(C)N1CCCC(C#N)C1.C=CC.CC.CC.CCN(C)CCOC. The molecule has 4 nitrogen and oxygen atoms in total. The van der Waals surface area contributed by atoms with Crippen molar-refractivity contribution in [2.75, 3.05) is 46.9 Å². The van der Waals surface area contributed by atoms with Crippen LogP contribution < -0.4 is 0 Å². The Morgan fingerprint density at radius 2 is 1.85 bits per heavy atom. The highest BCUT2D eigenvalue weighted by Crippen LogP contribution is 2.17. The number of hydrogen-bond donors (Lipinski definition) is 0. The predicted octanol–water partition coefficient (Wildman–Crippen LogP) is 5.58. The highest BCUT2D eigenvalue weighted by Gasteiger charge is 2.18. The average molecular weight is 370 g/mol. The zero-order valence-electron chi connectivity index (χ0n) is 19.3. The number of hydrogen-bond acceptors (Lipinski definition) is 4. The maximum Gasteiger partial charge on any atom is 0.0674 e. The van der Waals surface area contributed by atoms with E-state index < -0.39 is 0 Å². The van der Waals surface area contributed by atoms with Crippen LogP contribution in [-0.2, 0) is 4.74 Å². The van der Waals surface area contributed by atoms with Crippen molar-refractivity contribution >= 4 is 0 Å². The van der Waals surface area contributed by atoms with E-state index in [0.29, 0.717) is 0 Å². The van der Waals surface area contributed by atoms with Gasteiger partial charge in [-0.3, -0.25) is 0 Å². The summed E-state index contributed by atoms with van der Waals surface area (Å²) < 4.78 is 4.87. The van der Waals surface area contributed by atoms with E-state index in [2.05, 4.69) is 43.0 Å². The first kappa shape index (κ1) is 32.4. The van der Waals surface area contributed by atoms with Gasteiger partial charge in [0.25, 0.3) is 0 Å². The van der Waals surface area contributed by atoms with Gasteiger partial charge in [0.05, 0.1) is 18.6 Å². The molecule has 1 heterocycles. The second-order valence-electron chi connectivity index (χ2n) is 5.45. The van der Waals surface area contributed by atoms with E-state index in [0.717, 1.165) is 51.3 Å². The van der Waals surface area contributed by atoms with Gasteiger partial charge in [0.2, 0.25) is 0 Å². The van der Waals surface area contributed by atoms with E-state index in [9.17, 15) is 0 Å². The highest BCUT2D eigenvalue weighted by atomic mass is 16.5. The van der Waals surface area contributed by atoms with Crippen LogP contribution in [0, 0.1) is 17.2 Å². The summed E-state index contributed by atoms with van der Waals surface area (Å²) in [5, 5.41) is 8.68. The van der Waals surface area contributed by atoms with Crippen LogP contribution in [0.3, 0.4) is 0 Å². The standard InChI is InChI=1S/C9H14N2.C6H15NO.C3H6.2C2H6/c1-8(2)11-5-3-4-9(6-10)7-11;1-4-7(2)5-6-8-3;1-3-2;2*1-2/h9H,1,3-5,7H2,2H3;4-6H2,1-3H3;3H,1H2,2H3;2*1-2H3. The maximum atomic E-state index is 8.68. The fraction of sp³-hybridized carbons (Fsp3) is 0.773. The van der Waals surface area contributed by atoms with E-state index in [1.807, 2.05) is 41.5 Å². The number of nitriles is 1. The van der Waals surface area contributed by atoms with Crippen LogP contribution in [0.2, 0.25) is 0 Å². The fourth-order valence-corrected chi connectivity index (χ4v) is 1.83. The molecule has 1 fully saturated rings. The predicted molar refractivity (Wildman–Crippen MR) is 118 cm³/mol. The van der Waals surface area contributed by atoms with Crippen molar-refractivity contribution in [3.63, 3.8) is 0 Å². The van der Waals surface area contributed by atoms with Gasteiger partial charge in [-0.1, -0.05) is 47.3 Å². The number of piperidine rings is 1. The van der Waals surface area contributed by atoms with Crippen LogP contribution in [0.1, 0.15) is 61.3 Å². The Morgan fingerprint density at radius 1 is 1.35 bits per heavy atom. The summed E-state index contributed by atoms with van der Waals surface area (Å²) >= 11 is 0. The second-order valence-corrected chi connectivity index (χ2v) is 5.45. The minimum Gasteiger partial charge on any atom is -0.383 e. The van der Waals surface area contributed by atoms with E-state index in [4.69, 9.17) is 10.00 Å². The summed E-state index contributed by atoms with van der Waals surface area (Å²) in [6.07, 6.45) is 3.94. The van der Waals surface area contributed by atoms with E-state index in [1.165, 1.54) is 0 Å².